The zero-order chi connectivity index (χ0) is 8.97. The Labute approximate surface area is 86.7 Å². The fraction of sp³-hybridized carbons (Fsp3) is 0.111. The minimum atomic E-state index is 0.337. The highest BCUT2D eigenvalue weighted by molar-refractivity contribution is 6.37. The second kappa shape index (κ2) is 4.76. The Bertz CT molecular complexity index is 274. The molecule has 0 amide bonds. The highest BCUT2D eigenvalue weighted by atomic mass is 35.5. The lowest BCUT2D eigenvalue weighted by Crippen LogP contribution is -1.75. The van der Waals surface area contributed by atoms with Gasteiger partial charge in [0.1, 0.15) is 0 Å². The van der Waals surface area contributed by atoms with Crippen LogP contribution in [0.1, 0.15) is 5.56 Å². The second-order valence-corrected chi connectivity index (χ2v) is 3.47. The first-order chi connectivity index (χ1) is 5.72. The van der Waals surface area contributed by atoms with Crippen molar-refractivity contribution in [2.24, 2.45) is 0 Å². The number of benzene rings is 1. The highest BCUT2D eigenvalue weighted by Crippen LogP contribution is 2.14. The fourth-order valence-corrected chi connectivity index (χ4v) is 1.11. The molecule has 0 nitrogen and oxygen atoms in total. The molecule has 0 unspecified atom stereocenters. The van der Waals surface area contributed by atoms with Crippen LogP contribution < -0.4 is 0 Å². The molecule has 0 aliphatic carbocycles. The molecule has 0 aromatic heterocycles. The molecule has 0 saturated heterocycles. The number of hydrogen-bond acceptors (Lipinski definition) is 0. The van der Waals surface area contributed by atoms with Crippen LogP contribution in [0, 0.1) is 0 Å². The normalized spacial score (nSPS) is 11.8. The highest BCUT2D eigenvalue weighted by Gasteiger charge is 1.91. The topological polar surface area (TPSA) is 0 Å². The van der Waals surface area contributed by atoms with Gasteiger partial charge in [-0.25, -0.2) is 0 Å². The van der Waals surface area contributed by atoms with E-state index in [2.05, 4.69) is 0 Å². The predicted octanol–water partition coefficient (Wildman–Crippen LogP) is 4.16. The van der Waals surface area contributed by atoms with E-state index in [9.17, 15) is 0 Å². The monoisotopic (exact) mass is 220 g/mol. The molecule has 3 heteroatoms. The lowest BCUT2D eigenvalue weighted by Gasteiger charge is -1.94. The summed E-state index contributed by atoms with van der Waals surface area (Å²) in [4.78, 5) is 0. The third-order valence-corrected chi connectivity index (χ3v) is 2.24. The van der Waals surface area contributed by atoms with E-state index in [1.165, 1.54) is 0 Å². The molecule has 0 aliphatic rings. The van der Waals surface area contributed by atoms with Gasteiger partial charge in [0.15, 0.2) is 0 Å². The summed E-state index contributed by atoms with van der Waals surface area (Å²) in [5.74, 6) is 0.337. The summed E-state index contributed by atoms with van der Waals surface area (Å²) in [6.07, 6.45) is 1.81. The number of rotatable bonds is 2. The molecule has 1 aromatic rings. The summed E-state index contributed by atoms with van der Waals surface area (Å²) < 4.78 is 0. The Kier molecular flexibility index (Phi) is 3.93. The van der Waals surface area contributed by atoms with Crippen LogP contribution in [0.4, 0.5) is 0 Å². The average Bonchev–Trinajstić information content (AvgIpc) is 2.09. The largest absolute Gasteiger partial charge is 0.121 e. The lowest BCUT2D eigenvalue weighted by molar-refractivity contribution is 1.63. The van der Waals surface area contributed by atoms with Crippen LogP contribution in [0.5, 0.6) is 0 Å². The summed E-state index contributed by atoms with van der Waals surface area (Å²) >= 11 is 16.9. The Balaban J connectivity index is 2.84. The summed E-state index contributed by atoms with van der Waals surface area (Å²) in [6.45, 7) is 0. The molecule has 0 spiro atoms. The molecule has 0 atom stereocenters. The minimum absolute atomic E-state index is 0.337. The van der Waals surface area contributed by atoms with Crippen LogP contribution in [-0.4, -0.2) is 5.88 Å². The van der Waals surface area contributed by atoms with E-state index in [4.69, 9.17) is 34.8 Å². The van der Waals surface area contributed by atoms with Crippen LogP contribution in [-0.2, 0) is 0 Å². The standard InChI is InChI=1S/C9H7Cl3/c10-6-9(12)5-7-1-3-8(11)4-2-7/h1-5H,6H2/b9-5+. The molecule has 0 fully saturated rings. The average molecular weight is 222 g/mol. The van der Waals surface area contributed by atoms with E-state index < -0.39 is 0 Å². The SMILES string of the molecule is ClC/C(Cl)=C\c1ccc(Cl)cc1. The van der Waals surface area contributed by atoms with Gasteiger partial charge in [0.05, 0.1) is 5.88 Å². The molecule has 0 heterocycles. The van der Waals surface area contributed by atoms with Gasteiger partial charge < -0.3 is 0 Å². The van der Waals surface area contributed by atoms with E-state index in [1.54, 1.807) is 0 Å². The maximum atomic E-state index is 5.74. The third-order valence-electron chi connectivity index (χ3n) is 1.32. The maximum Gasteiger partial charge on any atom is 0.0582 e. The van der Waals surface area contributed by atoms with Crippen LogP contribution in [0.25, 0.3) is 6.08 Å². The number of hydrogen-bond donors (Lipinski definition) is 0. The van der Waals surface area contributed by atoms with E-state index in [-0.39, 0.29) is 0 Å². The van der Waals surface area contributed by atoms with Crippen LogP contribution >= 0.6 is 34.8 Å². The molecular weight excluding hydrogens is 214 g/mol. The van der Waals surface area contributed by atoms with E-state index in [0.717, 1.165) is 5.56 Å². The Morgan fingerprint density at radius 3 is 2.33 bits per heavy atom. The van der Waals surface area contributed by atoms with Gasteiger partial charge in [0, 0.05) is 10.1 Å². The van der Waals surface area contributed by atoms with Gasteiger partial charge in [0.2, 0.25) is 0 Å². The van der Waals surface area contributed by atoms with E-state index in [1.807, 2.05) is 30.3 Å². The second-order valence-electron chi connectivity index (χ2n) is 2.28. The first-order valence-electron chi connectivity index (χ1n) is 3.40. The van der Waals surface area contributed by atoms with Crippen molar-refractivity contribution < 1.29 is 0 Å². The van der Waals surface area contributed by atoms with Gasteiger partial charge in [-0.15, -0.1) is 11.6 Å². The number of allylic oxidation sites excluding steroid dienone is 1. The van der Waals surface area contributed by atoms with Crippen molar-refractivity contribution >= 4 is 40.9 Å². The Hall–Kier alpha value is -0.170. The first kappa shape index (κ1) is 9.91. The van der Waals surface area contributed by atoms with Gasteiger partial charge in [-0.1, -0.05) is 35.3 Å². The van der Waals surface area contributed by atoms with Crippen LogP contribution in [0.15, 0.2) is 29.3 Å². The molecule has 0 bridgehead atoms. The van der Waals surface area contributed by atoms with Crippen molar-refractivity contribution in [3.8, 4) is 0 Å². The Morgan fingerprint density at radius 1 is 1.25 bits per heavy atom. The van der Waals surface area contributed by atoms with Gasteiger partial charge in [-0.05, 0) is 23.8 Å². The van der Waals surface area contributed by atoms with Crippen molar-refractivity contribution in [3.05, 3.63) is 39.9 Å². The molecule has 64 valence electrons. The predicted molar refractivity (Wildman–Crippen MR) is 56.0 cm³/mol. The number of halogens is 3. The molecule has 1 rings (SSSR count). The van der Waals surface area contributed by atoms with Gasteiger partial charge in [0.25, 0.3) is 0 Å². The summed E-state index contributed by atoms with van der Waals surface area (Å²) in [7, 11) is 0. The summed E-state index contributed by atoms with van der Waals surface area (Å²) in [6, 6.07) is 7.39. The Morgan fingerprint density at radius 2 is 1.83 bits per heavy atom. The molecular formula is C9H7Cl3. The molecule has 0 aliphatic heterocycles. The zero-order valence-electron chi connectivity index (χ0n) is 6.23. The van der Waals surface area contributed by atoms with E-state index >= 15 is 0 Å². The fourth-order valence-electron chi connectivity index (χ4n) is 0.778. The van der Waals surface area contributed by atoms with Crippen LogP contribution in [0.3, 0.4) is 0 Å². The maximum absolute atomic E-state index is 5.74. The zero-order valence-corrected chi connectivity index (χ0v) is 8.50. The first-order valence-corrected chi connectivity index (χ1v) is 4.69. The van der Waals surface area contributed by atoms with Gasteiger partial charge in [-0.3, -0.25) is 0 Å². The van der Waals surface area contributed by atoms with Crippen LogP contribution in [0.2, 0.25) is 5.02 Å². The minimum Gasteiger partial charge on any atom is -0.121 e. The number of alkyl halides is 1. The van der Waals surface area contributed by atoms with Crippen molar-refractivity contribution in [1.29, 1.82) is 0 Å². The smallest absolute Gasteiger partial charge is 0.0582 e. The van der Waals surface area contributed by atoms with Crippen molar-refractivity contribution in [2.45, 2.75) is 0 Å². The summed E-state index contributed by atoms with van der Waals surface area (Å²) in [5, 5.41) is 1.34. The molecule has 0 radical (unpaired) electrons. The van der Waals surface area contributed by atoms with Gasteiger partial charge in [-0.2, -0.15) is 0 Å². The molecule has 0 N–H and O–H groups in total. The molecule has 1 aromatic carbocycles. The summed E-state index contributed by atoms with van der Waals surface area (Å²) in [5.41, 5.74) is 1.00. The van der Waals surface area contributed by atoms with Crippen molar-refractivity contribution in [3.63, 3.8) is 0 Å². The molecule has 0 saturated carbocycles. The third kappa shape index (κ3) is 3.06. The molecule has 12 heavy (non-hydrogen) atoms. The van der Waals surface area contributed by atoms with E-state index in [0.29, 0.717) is 15.9 Å². The van der Waals surface area contributed by atoms with Crippen molar-refractivity contribution in [1.82, 2.24) is 0 Å². The lowest BCUT2D eigenvalue weighted by atomic mass is 10.2. The van der Waals surface area contributed by atoms with Gasteiger partial charge >= 0.3 is 0 Å². The quantitative estimate of drug-likeness (QED) is 0.658. The van der Waals surface area contributed by atoms with Crippen molar-refractivity contribution in [2.75, 3.05) is 5.88 Å².